The highest BCUT2D eigenvalue weighted by Gasteiger charge is 2.18. The summed E-state index contributed by atoms with van der Waals surface area (Å²) in [6, 6.07) is 8.35. The first-order valence-corrected chi connectivity index (χ1v) is 9.36. The summed E-state index contributed by atoms with van der Waals surface area (Å²) in [5.74, 6) is -0.491. The molecule has 0 unspecified atom stereocenters. The van der Waals surface area contributed by atoms with Gasteiger partial charge in [-0.3, -0.25) is 4.79 Å². The highest BCUT2D eigenvalue weighted by Crippen LogP contribution is 2.27. The molecule has 9 heteroatoms. The van der Waals surface area contributed by atoms with Crippen molar-refractivity contribution in [1.29, 1.82) is 0 Å². The summed E-state index contributed by atoms with van der Waals surface area (Å²) in [6.45, 7) is 1.74. The molecule has 2 aromatic carbocycles. The third-order valence-electron chi connectivity index (χ3n) is 3.28. The Morgan fingerprint density at radius 1 is 1.08 bits per heavy atom. The maximum Gasteiger partial charge on any atom is 0.251 e. The van der Waals surface area contributed by atoms with Gasteiger partial charge in [-0.05, 0) is 42.8 Å². The molecule has 1 amide bonds. The van der Waals surface area contributed by atoms with Crippen LogP contribution >= 0.6 is 34.8 Å². The Labute approximate surface area is 154 Å². The smallest absolute Gasteiger partial charge is 0.251 e. The normalized spacial score (nSPS) is 12.7. The van der Waals surface area contributed by atoms with Crippen molar-refractivity contribution in [1.82, 2.24) is 5.32 Å². The number of amides is 1. The highest BCUT2D eigenvalue weighted by atomic mass is 35.5. The summed E-state index contributed by atoms with van der Waals surface area (Å²) in [5.41, 5.74) is 0.787. The van der Waals surface area contributed by atoms with Crippen LogP contribution in [-0.4, -0.2) is 14.3 Å². The van der Waals surface area contributed by atoms with Crippen LogP contribution in [0.4, 0.5) is 0 Å². The fraction of sp³-hybridized carbons (Fsp3) is 0.133. The molecule has 0 spiro atoms. The van der Waals surface area contributed by atoms with Crippen LogP contribution in [0, 0.1) is 0 Å². The lowest BCUT2D eigenvalue weighted by Gasteiger charge is -2.16. The second-order valence-corrected chi connectivity index (χ2v) is 7.83. The van der Waals surface area contributed by atoms with Gasteiger partial charge in [0.1, 0.15) is 4.90 Å². The van der Waals surface area contributed by atoms with Crippen LogP contribution in [0.3, 0.4) is 0 Å². The van der Waals surface area contributed by atoms with Crippen molar-refractivity contribution in [2.45, 2.75) is 17.9 Å². The largest absolute Gasteiger partial charge is 0.345 e. The number of primary sulfonamides is 1. The summed E-state index contributed by atoms with van der Waals surface area (Å²) in [7, 11) is -4.03. The number of halogens is 3. The summed E-state index contributed by atoms with van der Waals surface area (Å²) in [4.78, 5) is 12.0. The van der Waals surface area contributed by atoms with Crippen molar-refractivity contribution in [2.24, 2.45) is 5.14 Å². The van der Waals surface area contributed by atoms with Crippen molar-refractivity contribution >= 4 is 50.7 Å². The number of sulfonamides is 1. The lowest BCUT2D eigenvalue weighted by atomic mass is 10.1. The van der Waals surface area contributed by atoms with Crippen molar-refractivity contribution in [3.8, 4) is 0 Å². The first-order chi connectivity index (χ1) is 11.1. The number of hydrogen-bond donors (Lipinski definition) is 2. The zero-order valence-electron chi connectivity index (χ0n) is 12.4. The minimum Gasteiger partial charge on any atom is -0.345 e. The van der Waals surface area contributed by atoms with Crippen molar-refractivity contribution < 1.29 is 13.2 Å². The highest BCUT2D eigenvalue weighted by molar-refractivity contribution is 7.89. The van der Waals surface area contributed by atoms with E-state index in [4.69, 9.17) is 39.9 Å². The van der Waals surface area contributed by atoms with Crippen LogP contribution in [0.5, 0.6) is 0 Å². The molecule has 0 aliphatic rings. The molecule has 2 aromatic rings. The molecule has 0 bridgehead atoms. The Hall–Kier alpha value is -1.31. The molecule has 5 nitrogen and oxygen atoms in total. The number of nitrogens with two attached hydrogens (primary N) is 1. The topological polar surface area (TPSA) is 89.3 Å². The second kappa shape index (κ2) is 7.29. The summed E-state index contributed by atoms with van der Waals surface area (Å²) >= 11 is 17.8. The third-order valence-corrected chi connectivity index (χ3v) is 5.23. The van der Waals surface area contributed by atoms with Crippen molar-refractivity contribution in [2.75, 3.05) is 0 Å². The minimum atomic E-state index is -4.03. The third kappa shape index (κ3) is 4.40. The molecule has 2 rings (SSSR count). The Bertz CT molecular complexity index is 901. The molecule has 3 N–H and O–H groups in total. The summed E-state index contributed by atoms with van der Waals surface area (Å²) < 4.78 is 23.0. The van der Waals surface area contributed by atoms with Gasteiger partial charge < -0.3 is 5.32 Å². The molecule has 24 heavy (non-hydrogen) atoms. The molecule has 0 aliphatic carbocycles. The van der Waals surface area contributed by atoms with E-state index in [1.165, 1.54) is 12.1 Å². The van der Waals surface area contributed by atoms with Crippen LogP contribution in [0.2, 0.25) is 15.1 Å². The zero-order chi connectivity index (χ0) is 18.1. The SMILES string of the molecule is C[C@@H](NC(=O)c1ccc(Cl)c(S(N)(=O)=O)c1)c1ccc(Cl)cc1Cl. The standard InChI is InChI=1S/C15H13Cl3N2O3S/c1-8(11-4-3-10(16)7-13(11)18)20-15(21)9-2-5-12(17)14(6-9)24(19,22)23/h2-8H,1H3,(H,20,21)(H2,19,22,23)/t8-/m1/s1. The van der Waals surface area contributed by atoms with Gasteiger partial charge in [0.15, 0.2) is 0 Å². The molecule has 0 fully saturated rings. The molecule has 0 saturated carbocycles. The average Bonchev–Trinajstić information content (AvgIpc) is 2.46. The molecular formula is C15H13Cl3N2O3S. The minimum absolute atomic E-state index is 0.0529. The van der Waals surface area contributed by atoms with Gasteiger partial charge in [0.25, 0.3) is 5.91 Å². The van der Waals surface area contributed by atoms with Crippen molar-refractivity contribution in [3.05, 3.63) is 62.6 Å². The fourth-order valence-corrected chi connectivity index (χ4v) is 3.72. The maximum absolute atomic E-state index is 12.3. The first-order valence-electron chi connectivity index (χ1n) is 6.67. The quantitative estimate of drug-likeness (QED) is 0.808. The molecular weight excluding hydrogens is 395 g/mol. The van der Waals surface area contributed by atoms with Crippen molar-refractivity contribution in [3.63, 3.8) is 0 Å². The van der Waals surface area contributed by atoms with E-state index in [-0.39, 0.29) is 15.5 Å². The molecule has 1 atom stereocenters. The van der Waals surface area contributed by atoms with Gasteiger partial charge >= 0.3 is 0 Å². The predicted octanol–water partition coefficient (Wildman–Crippen LogP) is 3.79. The fourth-order valence-electron chi connectivity index (χ4n) is 2.07. The number of carbonyl (C=O) groups excluding carboxylic acids is 1. The Morgan fingerprint density at radius 3 is 2.33 bits per heavy atom. The van der Waals surface area contributed by atoms with E-state index in [0.717, 1.165) is 6.07 Å². The van der Waals surface area contributed by atoms with Crippen LogP contribution < -0.4 is 10.5 Å². The first kappa shape index (κ1) is 19.0. The van der Waals surface area contributed by atoms with Gasteiger partial charge in [0.2, 0.25) is 10.0 Å². The van der Waals surface area contributed by atoms with Gasteiger partial charge in [-0.25, -0.2) is 13.6 Å². The van der Waals surface area contributed by atoms with Crippen LogP contribution in [-0.2, 0) is 10.0 Å². The van der Waals surface area contributed by atoms with E-state index in [2.05, 4.69) is 5.32 Å². The molecule has 0 aliphatic heterocycles. The number of benzene rings is 2. The van der Waals surface area contributed by atoms with E-state index >= 15 is 0 Å². The van der Waals surface area contributed by atoms with E-state index in [9.17, 15) is 13.2 Å². The maximum atomic E-state index is 12.3. The molecule has 0 aromatic heterocycles. The Kier molecular flexibility index (Phi) is 5.78. The number of hydrogen-bond acceptors (Lipinski definition) is 3. The number of rotatable bonds is 4. The van der Waals surface area contributed by atoms with Gasteiger partial charge in [0, 0.05) is 15.6 Å². The molecule has 0 heterocycles. The Morgan fingerprint density at radius 2 is 1.75 bits per heavy atom. The summed E-state index contributed by atoms with van der Waals surface area (Å²) in [5, 5.41) is 8.65. The zero-order valence-corrected chi connectivity index (χ0v) is 15.5. The van der Waals surface area contributed by atoms with E-state index in [1.807, 2.05) is 0 Å². The summed E-state index contributed by atoms with van der Waals surface area (Å²) in [6.07, 6.45) is 0. The van der Waals surface area contributed by atoms with Gasteiger partial charge in [-0.2, -0.15) is 0 Å². The van der Waals surface area contributed by atoms with Gasteiger partial charge in [0.05, 0.1) is 11.1 Å². The number of nitrogens with one attached hydrogen (secondary N) is 1. The molecule has 0 radical (unpaired) electrons. The van der Waals surface area contributed by atoms with Crippen LogP contribution in [0.25, 0.3) is 0 Å². The monoisotopic (exact) mass is 406 g/mol. The van der Waals surface area contributed by atoms with Gasteiger partial charge in [-0.15, -0.1) is 0 Å². The lowest BCUT2D eigenvalue weighted by molar-refractivity contribution is 0.0939. The van der Waals surface area contributed by atoms with Gasteiger partial charge in [-0.1, -0.05) is 40.9 Å². The number of carbonyl (C=O) groups is 1. The van der Waals surface area contributed by atoms with E-state index in [1.54, 1.807) is 25.1 Å². The van der Waals surface area contributed by atoms with E-state index in [0.29, 0.717) is 15.6 Å². The van der Waals surface area contributed by atoms with Crippen LogP contribution in [0.15, 0.2) is 41.3 Å². The average molecular weight is 408 g/mol. The lowest BCUT2D eigenvalue weighted by Crippen LogP contribution is -2.27. The second-order valence-electron chi connectivity index (χ2n) is 5.05. The molecule has 0 saturated heterocycles. The Balaban J connectivity index is 2.27. The predicted molar refractivity (Wildman–Crippen MR) is 95.2 cm³/mol. The van der Waals surface area contributed by atoms with E-state index < -0.39 is 22.0 Å². The molecule has 128 valence electrons. The van der Waals surface area contributed by atoms with Crippen LogP contribution in [0.1, 0.15) is 28.9 Å².